The van der Waals surface area contributed by atoms with Crippen LogP contribution in [-0.2, 0) is 6.54 Å². The zero-order chi connectivity index (χ0) is 20.5. The van der Waals surface area contributed by atoms with Gasteiger partial charge in [0.05, 0.1) is 12.2 Å². The van der Waals surface area contributed by atoms with Gasteiger partial charge in [-0.1, -0.05) is 22.9 Å². The molecule has 0 aliphatic carbocycles. The van der Waals surface area contributed by atoms with E-state index in [0.717, 1.165) is 56.5 Å². The molecule has 2 heterocycles. The van der Waals surface area contributed by atoms with Crippen molar-refractivity contribution in [2.75, 3.05) is 45.8 Å². The third-order valence-corrected chi connectivity index (χ3v) is 4.82. The summed E-state index contributed by atoms with van der Waals surface area (Å²) in [5.41, 5.74) is 2.72. The first kappa shape index (κ1) is 24.1. The molecule has 0 radical (unpaired) electrons. The maximum atomic E-state index is 12.2. The van der Waals surface area contributed by atoms with E-state index in [2.05, 4.69) is 32.5 Å². The number of carbonyl (C=O) groups excluding carboxylic acids is 1. The summed E-state index contributed by atoms with van der Waals surface area (Å²) in [4.78, 5) is 21.6. The van der Waals surface area contributed by atoms with Crippen LogP contribution in [0.15, 0.2) is 46.1 Å². The number of halogens is 1. The number of hydrogen-bond acceptors (Lipinski definition) is 5. The number of aliphatic imine (C=N–C) groups is 1. The van der Waals surface area contributed by atoms with Crippen LogP contribution in [0.5, 0.6) is 0 Å². The molecule has 1 fully saturated rings. The fraction of sp³-hybridized carbons (Fsp3) is 0.476. The summed E-state index contributed by atoms with van der Waals surface area (Å²) in [5.74, 6) is 0.841. The van der Waals surface area contributed by atoms with Crippen molar-refractivity contribution in [1.82, 2.24) is 25.6 Å². The number of carbonyl (C=O) groups is 1. The zero-order valence-corrected chi connectivity index (χ0v) is 20.0. The second kappa shape index (κ2) is 12.5. The van der Waals surface area contributed by atoms with Gasteiger partial charge < -0.3 is 20.1 Å². The van der Waals surface area contributed by atoms with E-state index in [9.17, 15) is 4.79 Å². The normalized spacial score (nSPS) is 14.9. The third kappa shape index (κ3) is 7.28. The van der Waals surface area contributed by atoms with Crippen LogP contribution in [0.1, 0.15) is 28.5 Å². The maximum Gasteiger partial charge on any atom is 0.251 e. The molecule has 1 amide bonds. The van der Waals surface area contributed by atoms with Gasteiger partial charge in [0.2, 0.25) is 0 Å². The van der Waals surface area contributed by atoms with E-state index in [0.29, 0.717) is 18.7 Å². The number of benzene rings is 1. The number of aryl methyl sites for hydroxylation is 1. The minimum atomic E-state index is -0.0598. The summed E-state index contributed by atoms with van der Waals surface area (Å²) < 4.78 is 4.91. The minimum Gasteiger partial charge on any atom is -0.364 e. The first-order chi connectivity index (χ1) is 14.2. The molecule has 8 nitrogen and oxygen atoms in total. The molecular weight excluding hydrogens is 495 g/mol. The highest BCUT2D eigenvalue weighted by molar-refractivity contribution is 14.0. The Balaban J connectivity index is 0.00000320. The first-order valence-corrected chi connectivity index (χ1v) is 10.2. The molecule has 0 unspecified atom stereocenters. The molecule has 30 heavy (non-hydrogen) atoms. The summed E-state index contributed by atoms with van der Waals surface area (Å²) in [6.07, 6.45) is 1.61. The highest BCUT2D eigenvalue weighted by Crippen LogP contribution is 2.07. The second-order valence-corrected chi connectivity index (χ2v) is 7.12. The minimum absolute atomic E-state index is 0. The largest absolute Gasteiger partial charge is 0.364 e. The standard InChI is InChI=1S/C21H30N6O2.HI/c1-3-22-21(24-9-8-23-20(28)18-6-4-5-17(2)15-18)27-12-10-26(11-13-27)16-19-7-14-29-25-19;/h4-7,14-15H,3,8-13,16H2,1-2H3,(H,22,24)(H,23,28);1H. The Kier molecular flexibility index (Phi) is 10.1. The maximum absolute atomic E-state index is 12.2. The zero-order valence-electron chi connectivity index (χ0n) is 17.6. The average molecular weight is 526 g/mol. The fourth-order valence-electron chi connectivity index (χ4n) is 3.31. The molecule has 9 heteroatoms. The lowest BCUT2D eigenvalue weighted by Gasteiger charge is -2.36. The molecule has 0 spiro atoms. The molecule has 0 bridgehead atoms. The van der Waals surface area contributed by atoms with Crippen LogP contribution in [0.3, 0.4) is 0 Å². The van der Waals surface area contributed by atoms with E-state index in [1.165, 1.54) is 0 Å². The summed E-state index contributed by atoms with van der Waals surface area (Å²) in [5, 5.41) is 10.3. The fourth-order valence-corrected chi connectivity index (χ4v) is 3.31. The Bertz CT molecular complexity index is 804. The molecule has 1 aliphatic heterocycles. The van der Waals surface area contributed by atoms with Crippen LogP contribution in [0, 0.1) is 6.92 Å². The monoisotopic (exact) mass is 526 g/mol. The Morgan fingerprint density at radius 1 is 1.20 bits per heavy atom. The predicted molar refractivity (Wildman–Crippen MR) is 128 cm³/mol. The lowest BCUT2D eigenvalue weighted by Crippen LogP contribution is -2.52. The number of nitrogens with one attached hydrogen (secondary N) is 2. The van der Waals surface area contributed by atoms with E-state index < -0.39 is 0 Å². The molecule has 3 rings (SSSR count). The van der Waals surface area contributed by atoms with Gasteiger partial charge in [0.1, 0.15) is 6.26 Å². The Morgan fingerprint density at radius 3 is 2.67 bits per heavy atom. The molecule has 1 saturated heterocycles. The molecule has 164 valence electrons. The van der Waals surface area contributed by atoms with Crippen LogP contribution in [0.2, 0.25) is 0 Å². The highest BCUT2D eigenvalue weighted by Gasteiger charge is 2.20. The van der Waals surface area contributed by atoms with E-state index >= 15 is 0 Å². The van der Waals surface area contributed by atoms with Crippen molar-refractivity contribution >= 4 is 35.8 Å². The van der Waals surface area contributed by atoms with Gasteiger partial charge >= 0.3 is 0 Å². The second-order valence-electron chi connectivity index (χ2n) is 7.12. The van der Waals surface area contributed by atoms with Crippen molar-refractivity contribution in [3.8, 4) is 0 Å². The number of aromatic nitrogens is 1. The van der Waals surface area contributed by atoms with Gasteiger partial charge in [0, 0.05) is 57.4 Å². The van der Waals surface area contributed by atoms with Gasteiger partial charge in [-0.15, -0.1) is 24.0 Å². The first-order valence-electron chi connectivity index (χ1n) is 10.2. The Hall–Kier alpha value is -2.14. The Morgan fingerprint density at radius 2 is 2.00 bits per heavy atom. The SMILES string of the molecule is CCNC(=NCCNC(=O)c1cccc(C)c1)N1CCN(Cc2ccon2)CC1.I. The summed E-state index contributed by atoms with van der Waals surface area (Å²) in [6, 6.07) is 9.50. The number of guanidine groups is 1. The highest BCUT2D eigenvalue weighted by atomic mass is 127. The molecule has 2 N–H and O–H groups in total. The van der Waals surface area contributed by atoms with Crippen molar-refractivity contribution in [2.45, 2.75) is 20.4 Å². The van der Waals surface area contributed by atoms with Crippen LogP contribution >= 0.6 is 24.0 Å². The van der Waals surface area contributed by atoms with E-state index in [-0.39, 0.29) is 29.9 Å². The van der Waals surface area contributed by atoms with E-state index in [1.807, 2.05) is 37.3 Å². The summed E-state index contributed by atoms with van der Waals surface area (Å²) in [6.45, 7) is 10.4. The van der Waals surface area contributed by atoms with Gasteiger partial charge in [-0.2, -0.15) is 0 Å². The van der Waals surface area contributed by atoms with Crippen LogP contribution < -0.4 is 10.6 Å². The average Bonchev–Trinajstić information content (AvgIpc) is 3.24. The van der Waals surface area contributed by atoms with Crippen LogP contribution in [0.4, 0.5) is 0 Å². The molecule has 0 atom stereocenters. The number of amides is 1. The number of piperazine rings is 1. The van der Waals surface area contributed by atoms with Crippen molar-refractivity contribution in [2.24, 2.45) is 4.99 Å². The van der Waals surface area contributed by atoms with Gasteiger partial charge in [-0.05, 0) is 26.0 Å². The van der Waals surface area contributed by atoms with Crippen molar-refractivity contribution in [3.63, 3.8) is 0 Å². The molecule has 2 aromatic rings. The lowest BCUT2D eigenvalue weighted by molar-refractivity contribution is 0.0954. The number of hydrogen-bond donors (Lipinski definition) is 2. The summed E-state index contributed by atoms with van der Waals surface area (Å²) in [7, 11) is 0. The van der Waals surface area contributed by atoms with Crippen LogP contribution in [0.25, 0.3) is 0 Å². The molecule has 1 aliphatic rings. The van der Waals surface area contributed by atoms with Gasteiger partial charge in [0.15, 0.2) is 5.96 Å². The number of nitrogens with zero attached hydrogens (tertiary/aromatic N) is 4. The summed E-state index contributed by atoms with van der Waals surface area (Å²) >= 11 is 0. The molecule has 1 aromatic carbocycles. The number of rotatable bonds is 7. The third-order valence-electron chi connectivity index (χ3n) is 4.82. The Labute approximate surface area is 195 Å². The predicted octanol–water partition coefficient (Wildman–Crippen LogP) is 2.11. The topological polar surface area (TPSA) is 86.0 Å². The quantitative estimate of drug-likeness (QED) is 0.249. The van der Waals surface area contributed by atoms with Gasteiger partial charge in [0.25, 0.3) is 5.91 Å². The van der Waals surface area contributed by atoms with Crippen molar-refractivity contribution in [3.05, 3.63) is 53.4 Å². The van der Waals surface area contributed by atoms with E-state index in [4.69, 9.17) is 9.52 Å². The molecular formula is C21H31IN6O2. The smallest absolute Gasteiger partial charge is 0.251 e. The molecule has 0 saturated carbocycles. The van der Waals surface area contributed by atoms with Gasteiger partial charge in [-0.3, -0.25) is 14.7 Å². The lowest BCUT2D eigenvalue weighted by atomic mass is 10.1. The van der Waals surface area contributed by atoms with E-state index in [1.54, 1.807) is 6.26 Å². The van der Waals surface area contributed by atoms with Crippen molar-refractivity contribution < 1.29 is 9.32 Å². The van der Waals surface area contributed by atoms with Crippen LogP contribution in [-0.4, -0.2) is 72.6 Å². The molecule has 1 aromatic heterocycles. The van der Waals surface area contributed by atoms with Crippen molar-refractivity contribution in [1.29, 1.82) is 0 Å². The van der Waals surface area contributed by atoms with Gasteiger partial charge in [-0.25, -0.2) is 0 Å².